The Morgan fingerprint density at radius 3 is 2.61 bits per heavy atom. The molecule has 3 aliphatic heterocycles. The Labute approximate surface area is 229 Å². The van der Waals surface area contributed by atoms with Crippen molar-refractivity contribution in [1.82, 2.24) is 4.90 Å². The molecule has 2 amide bonds. The largest absolute Gasteiger partial charge is 0.465 e. The zero-order valence-corrected chi connectivity index (χ0v) is 22.9. The lowest BCUT2D eigenvalue weighted by Gasteiger charge is -2.38. The van der Waals surface area contributed by atoms with Gasteiger partial charge in [-0.1, -0.05) is 30.7 Å². The van der Waals surface area contributed by atoms with E-state index in [0.717, 1.165) is 0 Å². The average Bonchev–Trinajstić information content (AvgIpc) is 3.53. The number of carbonyl (C=O) groups excluding carboxylic acids is 3. The minimum Gasteiger partial charge on any atom is -0.465 e. The number of rotatable bonds is 12. The van der Waals surface area contributed by atoms with Crippen LogP contribution in [0.4, 0.5) is 5.69 Å². The monoisotopic (exact) mass is 544 g/mol. The van der Waals surface area contributed by atoms with Crippen LogP contribution in [0.1, 0.15) is 46.0 Å². The van der Waals surface area contributed by atoms with Crippen LogP contribution < -0.4 is 4.90 Å². The van der Waals surface area contributed by atoms with Crippen molar-refractivity contribution in [2.45, 2.75) is 69.2 Å². The quantitative estimate of drug-likeness (QED) is 0.243. The van der Waals surface area contributed by atoms with Gasteiger partial charge in [-0.15, -0.1) is 13.2 Å². The van der Waals surface area contributed by atoms with Crippen LogP contribution in [0, 0.1) is 11.8 Å². The van der Waals surface area contributed by atoms with Gasteiger partial charge in [-0.25, -0.2) is 0 Å². The third kappa shape index (κ3) is 4.46. The maximum absolute atomic E-state index is 14.4. The van der Waals surface area contributed by atoms with E-state index >= 15 is 0 Å². The number of unbranched alkanes of at least 4 members (excludes halogenated alkanes) is 1. The van der Waals surface area contributed by atoms with E-state index in [1.54, 1.807) is 48.2 Å². The lowest BCUT2D eigenvalue weighted by Crippen LogP contribution is -2.58. The number of fused-ring (bicyclic) bond motifs is 1. The van der Waals surface area contributed by atoms with Gasteiger partial charge in [0.15, 0.2) is 0 Å². The first-order valence-corrected chi connectivity index (χ1v) is 13.7. The van der Waals surface area contributed by atoms with Gasteiger partial charge in [0.1, 0.15) is 17.6 Å². The minimum absolute atomic E-state index is 0.195. The molecule has 3 aliphatic rings. The summed E-state index contributed by atoms with van der Waals surface area (Å²) in [5, 5.41) is 10.6. The molecular formula is C29H37ClN2O6. The van der Waals surface area contributed by atoms with Gasteiger partial charge in [-0.3, -0.25) is 14.4 Å². The van der Waals surface area contributed by atoms with Gasteiger partial charge in [-0.05, 0) is 63.3 Å². The van der Waals surface area contributed by atoms with E-state index in [9.17, 15) is 19.5 Å². The zero-order chi connectivity index (χ0) is 27.7. The lowest BCUT2D eigenvalue weighted by molar-refractivity contribution is -0.162. The molecule has 0 aromatic heterocycles. The van der Waals surface area contributed by atoms with Gasteiger partial charge in [0.05, 0.1) is 30.8 Å². The zero-order valence-electron chi connectivity index (χ0n) is 22.1. The second kappa shape index (κ2) is 11.2. The van der Waals surface area contributed by atoms with Gasteiger partial charge in [-0.2, -0.15) is 0 Å². The Morgan fingerprint density at radius 2 is 2.00 bits per heavy atom. The van der Waals surface area contributed by atoms with Gasteiger partial charge in [0.2, 0.25) is 5.91 Å². The van der Waals surface area contributed by atoms with Crippen molar-refractivity contribution in [2.24, 2.45) is 11.8 Å². The number of carbonyl (C=O) groups is 3. The number of esters is 1. The molecule has 9 heteroatoms. The fourth-order valence-electron chi connectivity index (χ4n) is 6.57. The van der Waals surface area contributed by atoms with Crippen molar-refractivity contribution in [3.63, 3.8) is 0 Å². The van der Waals surface area contributed by atoms with Crippen LogP contribution in [0.5, 0.6) is 0 Å². The molecule has 0 saturated carbocycles. The van der Waals surface area contributed by atoms with Crippen LogP contribution >= 0.6 is 11.6 Å². The molecule has 2 bridgehead atoms. The fourth-order valence-corrected chi connectivity index (χ4v) is 6.69. The minimum atomic E-state index is -1.20. The number of amides is 2. The van der Waals surface area contributed by atoms with Gasteiger partial charge < -0.3 is 24.4 Å². The Morgan fingerprint density at radius 1 is 1.29 bits per heavy atom. The molecule has 0 radical (unpaired) electrons. The predicted octanol–water partition coefficient (Wildman–Crippen LogP) is 3.90. The first-order chi connectivity index (χ1) is 18.2. The van der Waals surface area contributed by atoms with Crippen LogP contribution in [-0.4, -0.2) is 70.8 Å². The van der Waals surface area contributed by atoms with Gasteiger partial charge >= 0.3 is 5.97 Å². The Kier molecular flexibility index (Phi) is 8.35. The molecule has 6 atom stereocenters. The molecule has 1 aromatic rings. The van der Waals surface area contributed by atoms with Crippen molar-refractivity contribution in [1.29, 1.82) is 0 Å². The number of halogens is 1. The summed E-state index contributed by atoms with van der Waals surface area (Å²) >= 11 is 6.08. The molecule has 206 valence electrons. The van der Waals surface area contributed by atoms with Crippen molar-refractivity contribution < 1.29 is 29.0 Å². The standard InChI is InChI=1S/C29H37ClN2O6/c1-5-8-9-17-37-27(36)23-22-25(34)32(19(4)18-33)24(29(22)15-14-28(23,7-3)38-29)26(35)31(16-6-2)21-12-10-20(30)11-13-21/h5-6,10-13,19,22-24,33H,1-2,7-9,14-18H2,3-4H3/t19-,22+,23-,24?,28+,29?/m1/s1. The molecule has 2 unspecified atom stereocenters. The summed E-state index contributed by atoms with van der Waals surface area (Å²) in [6.07, 6.45) is 6.22. The molecule has 8 nitrogen and oxygen atoms in total. The Hall–Kier alpha value is -2.68. The van der Waals surface area contributed by atoms with Crippen molar-refractivity contribution in [2.75, 3.05) is 24.7 Å². The molecule has 3 saturated heterocycles. The molecule has 1 N–H and O–H groups in total. The number of hydrogen-bond donors (Lipinski definition) is 1. The summed E-state index contributed by atoms with van der Waals surface area (Å²) in [5.41, 5.74) is -1.49. The first-order valence-electron chi connectivity index (χ1n) is 13.3. The number of ether oxygens (including phenoxy) is 2. The Bertz CT molecular complexity index is 1090. The van der Waals surface area contributed by atoms with E-state index in [4.69, 9.17) is 21.1 Å². The van der Waals surface area contributed by atoms with Gasteiger partial charge in [0.25, 0.3) is 5.91 Å². The summed E-state index contributed by atoms with van der Waals surface area (Å²) < 4.78 is 12.4. The molecule has 1 spiro atoms. The summed E-state index contributed by atoms with van der Waals surface area (Å²) in [4.78, 5) is 45.0. The maximum atomic E-state index is 14.4. The van der Waals surface area contributed by atoms with E-state index in [0.29, 0.717) is 42.8 Å². The van der Waals surface area contributed by atoms with E-state index in [1.807, 2.05) is 6.92 Å². The molecule has 4 rings (SSSR count). The molecular weight excluding hydrogens is 508 g/mol. The SMILES string of the molecule is C=CCCCOC(=O)[C@H]1[C@H]2C(=O)N([C@H](C)CO)C(C(=O)N(CC=C)c3ccc(Cl)cc3)C23CC[C@]1(CC)O3. The molecule has 0 aliphatic carbocycles. The van der Waals surface area contributed by atoms with Gasteiger partial charge in [0, 0.05) is 17.3 Å². The summed E-state index contributed by atoms with van der Waals surface area (Å²) in [6.45, 7) is 11.2. The highest BCUT2D eigenvalue weighted by molar-refractivity contribution is 6.30. The number of allylic oxidation sites excluding steroid dienone is 1. The smallest absolute Gasteiger partial charge is 0.312 e. The molecule has 1 aromatic carbocycles. The highest BCUT2D eigenvalue weighted by Gasteiger charge is 2.79. The fraction of sp³-hybridized carbons (Fsp3) is 0.552. The second-order valence-corrected chi connectivity index (χ2v) is 10.9. The van der Waals surface area contributed by atoms with E-state index in [-0.39, 0.29) is 31.6 Å². The van der Waals surface area contributed by atoms with E-state index in [2.05, 4.69) is 13.2 Å². The normalized spacial score (nSPS) is 30.2. The van der Waals surface area contributed by atoms with E-state index < -0.39 is 41.1 Å². The number of benzene rings is 1. The second-order valence-electron chi connectivity index (χ2n) is 10.4. The predicted molar refractivity (Wildman–Crippen MR) is 145 cm³/mol. The highest BCUT2D eigenvalue weighted by atomic mass is 35.5. The lowest BCUT2D eigenvalue weighted by atomic mass is 9.65. The third-order valence-electron chi connectivity index (χ3n) is 8.36. The first kappa shape index (κ1) is 28.3. The van der Waals surface area contributed by atoms with Crippen LogP contribution in [0.3, 0.4) is 0 Å². The number of hydrogen-bond acceptors (Lipinski definition) is 6. The van der Waals surface area contributed by atoms with Crippen molar-refractivity contribution in [3.05, 3.63) is 54.6 Å². The number of anilines is 1. The molecule has 38 heavy (non-hydrogen) atoms. The van der Waals surface area contributed by atoms with E-state index in [1.165, 1.54) is 4.90 Å². The summed E-state index contributed by atoms with van der Waals surface area (Å²) in [7, 11) is 0. The Balaban J connectivity index is 1.77. The maximum Gasteiger partial charge on any atom is 0.312 e. The highest BCUT2D eigenvalue weighted by Crippen LogP contribution is 2.64. The number of aliphatic hydroxyl groups is 1. The molecule has 3 fully saturated rings. The van der Waals surface area contributed by atoms with Crippen molar-refractivity contribution >= 4 is 35.1 Å². The third-order valence-corrected chi connectivity index (χ3v) is 8.61. The number of nitrogens with zero attached hydrogens (tertiary/aromatic N) is 2. The van der Waals surface area contributed by atoms with Crippen LogP contribution in [0.2, 0.25) is 5.02 Å². The molecule has 3 heterocycles. The summed E-state index contributed by atoms with van der Waals surface area (Å²) in [6, 6.07) is 5.18. The van der Waals surface area contributed by atoms with Crippen LogP contribution in [0.25, 0.3) is 0 Å². The van der Waals surface area contributed by atoms with Crippen LogP contribution in [0.15, 0.2) is 49.6 Å². The average molecular weight is 545 g/mol. The topological polar surface area (TPSA) is 96.4 Å². The number of likely N-dealkylation sites (tertiary alicyclic amines) is 1. The van der Waals surface area contributed by atoms with Crippen LogP contribution in [-0.2, 0) is 23.9 Å². The van der Waals surface area contributed by atoms with Crippen molar-refractivity contribution in [3.8, 4) is 0 Å². The number of aliphatic hydroxyl groups excluding tert-OH is 1. The summed E-state index contributed by atoms with van der Waals surface area (Å²) in [5.74, 6) is -2.88.